The summed E-state index contributed by atoms with van der Waals surface area (Å²) in [6.45, 7) is 0. The van der Waals surface area contributed by atoms with Crippen molar-refractivity contribution in [1.82, 2.24) is 9.97 Å². The normalized spacial score (nSPS) is 10.3. The van der Waals surface area contributed by atoms with Crippen LogP contribution in [0.5, 0.6) is 5.75 Å². The van der Waals surface area contributed by atoms with Crippen LogP contribution in [0, 0.1) is 0 Å². The molecule has 1 N–H and O–H groups in total. The largest absolute Gasteiger partial charge is 0.496 e. The van der Waals surface area contributed by atoms with Gasteiger partial charge < -0.3 is 9.72 Å². The summed E-state index contributed by atoms with van der Waals surface area (Å²) in [6.07, 6.45) is 1.45. The number of hydrogen-bond acceptors (Lipinski definition) is 3. The van der Waals surface area contributed by atoms with Crippen LogP contribution in [0.15, 0.2) is 33.7 Å². The van der Waals surface area contributed by atoms with Crippen LogP contribution in [0.3, 0.4) is 0 Å². The number of nitrogens with one attached hydrogen (secondary N) is 1. The summed E-state index contributed by atoms with van der Waals surface area (Å²) in [5, 5.41) is 0.560. The Balaban J connectivity index is 2.59. The van der Waals surface area contributed by atoms with Gasteiger partial charge in [-0.3, -0.25) is 4.79 Å². The number of halogens is 2. The molecule has 0 fully saturated rings. The Morgan fingerprint density at radius 2 is 2.24 bits per heavy atom. The summed E-state index contributed by atoms with van der Waals surface area (Å²) in [6, 6.07) is 5.12. The van der Waals surface area contributed by atoms with Crippen LogP contribution < -0.4 is 10.3 Å². The van der Waals surface area contributed by atoms with Gasteiger partial charge in [0.05, 0.1) is 12.7 Å². The van der Waals surface area contributed by atoms with E-state index >= 15 is 0 Å². The third-order valence-electron chi connectivity index (χ3n) is 2.17. The Morgan fingerprint density at radius 3 is 2.88 bits per heavy atom. The quantitative estimate of drug-likeness (QED) is 0.927. The summed E-state index contributed by atoms with van der Waals surface area (Å²) >= 11 is 8.95. The van der Waals surface area contributed by atoms with E-state index in [2.05, 4.69) is 25.9 Å². The van der Waals surface area contributed by atoms with Gasteiger partial charge in [0.15, 0.2) is 0 Å². The van der Waals surface area contributed by atoms with Gasteiger partial charge in [0.25, 0.3) is 5.56 Å². The van der Waals surface area contributed by atoms with Crippen LogP contribution in [0.4, 0.5) is 0 Å². The smallest absolute Gasteiger partial charge is 0.265 e. The van der Waals surface area contributed by atoms with E-state index in [1.165, 1.54) is 13.3 Å². The predicted molar refractivity (Wildman–Crippen MR) is 69.6 cm³/mol. The molecule has 2 rings (SSSR count). The topological polar surface area (TPSA) is 55.0 Å². The Morgan fingerprint density at radius 1 is 1.47 bits per heavy atom. The van der Waals surface area contributed by atoms with Crippen LogP contribution in [-0.2, 0) is 0 Å². The fourth-order valence-electron chi connectivity index (χ4n) is 1.38. The third kappa shape index (κ3) is 2.50. The molecule has 0 spiro atoms. The molecule has 17 heavy (non-hydrogen) atoms. The van der Waals surface area contributed by atoms with Gasteiger partial charge in [-0.15, -0.1) is 0 Å². The Labute approximate surface area is 111 Å². The fourth-order valence-corrected chi connectivity index (χ4v) is 1.74. The van der Waals surface area contributed by atoms with Crippen LogP contribution in [0.25, 0.3) is 11.4 Å². The van der Waals surface area contributed by atoms with Crippen molar-refractivity contribution in [2.24, 2.45) is 0 Å². The molecule has 0 bridgehead atoms. The van der Waals surface area contributed by atoms with Gasteiger partial charge in [-0.25, -0.2) is 4.98 Å². The molecule has 0 unspecified atom stereocenters. The minimum absolute atomic E-state index is 0.244. The third-order valence-corrected chi connectivity index (χ3v) is 2.97. The van der Waals surface area contributed by atoms with Crippen LogP contribution in [-0.4, -0.2) is 17.1 Å². The van der Waals surface area contributed by atoms with E-state index in [1.54, 1.807) is 18.2 Å². The van der Waals surface area contributed by atoms with Crippen molar-refractivity contribution < 1.29 is 4.74 Å². The number of aromatic amines is 1. The van der Waals surface area contributed by atoms with E-state index in [-0.39, 0.29) is 5.56 Å². The molecule has 0 saturated carbocycles. The van der Waals surface area contributed by atoms with Gasteiger partial charge in [-0.05, 0) is 34.1 Å². The van der Waals surface area contributed by atoms with Crippen molar-refractivity contribution in [3.8, 4) is 17.1 Å². The molecule has 1 aromatic carbocycles. The SMILES string of the molecule is COc1cc(Cl)ccc1-c1ncc(Br)c(=O)[nH]1. The molecule has 0 aliphatic carbocycles. The maximum atomic E-state index is 11.5. The van der Waals surface area contributed by atoms with Gasteiger partial charge >= 0.3 is 0 Å². The second-order valence-corrected chi connectivity index (χ2v) is 4.54. The van der Waals surface area contributed by atoms with Crippen molar-refractivity contribution in [3.05, 3.63) is 44.2 Å². The van der Waals surface area contributed by atoms with Crippen molar-refractivity contribution in [3.63, 3.8) is 0 Å². The summed E-state index contributed by atoms with van der Waals surface area (Å²) < 4.78 is 5.58. The summed E-state index contributed by atoms with van der Waals surface area (Å²) in [5.41, 5.74) is 0.438. The molecule has 6 heteroatoms. The molecule has 1 aromatic heterocycles. The zero-order valence-corrected chi connectivity index (χ0v) is 11.2. The molecule has 0 radical (unpaired) electrons. The first kappa shape index (κ1) is 12.1. The number of ether oxygens (including phenoxy) is 1. The second-order valence-electron chi connectivity index (χ2n) is 3.25. The van der Waals surface area contributed by atoms with Crippen molar-refractivity contribution in [2.45, 2.75) is 0 Å². The molecule has 4 nitrogen and oxygen atoms in total. The van der Waals surface area contributed by atoms with E-state index in [9.17, 15) is 4.79 Å². The number of methoxy groups -OCH3 is 1. The Kier molecular flexibility index (Phi) is 3.49. The molecule has 0 saturated heterocycles. The molecular formula is C11H8BrClN2O2. The van der Waals surface area contributed by atoms with Gasteiger partial charge in [0.1, 0.15) is 16.0 Å². The lowest BCUT2D eigenvalue weighted by atomic mass is 10.2. The number of nitrogens with zero attached hydrogens (tertiary/aromatic N) is 1. The van der Waals surface area contributed by atoms with E-state index in [4.69, 9.17) is 16.3 Å². The van der Waals surface area contributed by atoms with E-state index in [0.29, 0.717) is 26.6 Å². The van der Waals surface area contributed by atoms with Crippen molar-refractivity contribution in [2.75, 3.05) is 7.11 Å². The molecule has 88 valence electrons. The van der Waals surface area contributed by atoms with Gasteiger partial charge in [0.2, 0.25) is 0 Å². The number of aromatic nitrogens is 2. The fraction of sp³-hybridized carbons (Fsp3) is 0.0909. The van der Waals surface area contributed by atoms with Crippen LogP contribution >= 0.6 is 27.5 Å². The van der Waals surface area contributed by atoms with Crippen molar-refractivity contribution >= 4 is 27.5 Å². The molecule has 0 amide bonds. The minimum Gasteiger partial charge on any atom is -0.496 e. The Bertz CT molecular complexity index is 613. The number of rotatable bonds is 2. The molecular weight excluding hydrogens is 307 g/mol. The lowest BCUT2D eigenvalue weighted by molar-refractivity contribution is 0.416. The molecule has 0 aliphatic rings. The molecule has 0 aliphatic heterocycles. The highest BCUT2D eigenvalue weighted by molar-refractivity contribution is 9.10. The maximum absolute atomic E-state index is 11.5. The minimum atomic E-state index is -0.244. The lowest BCUT2D eigenvalue weighted by Crippen LogP contribution is -2.09. The van der Waals surface area contributed by atoms with Crippen LogP contribution in [0.1, 0.15) is 0 Å². The van der Waals surface area contributed by atoms with E-state index in [1.807, 2.05) is 0 Å². The molecule has 2 aromatic rings. The maximum Gasteiger partial charge on any atom is 0.265 e. The van der Waals surface area contributed by atoms with E-state index < -0.39 is 0 Å². The monoisotopic (exact) mass is 314 g/mol. The lowest BCUT2D eigenvalue weighted by Gasteiger charge is -2.07. The first-order valence-corrected chi connectivity index (χ1v) is 5.87. The predicted octanol–water partition coefficient (Wildman–Crippen LogP) is 2.86. The summed E-state index contributed by atoms with van der Waals surface area (Å²) in [5.74, 6) is 0.995. The average molecular weight is 316 g/mol. The van der Waals surface area contributed by atoms with Gasteiger partial charge in [-0.1, -0.05) is 11.6 Å². The Hall–Kier alpha value is -1.33. The zero-order valence-electron chi connectivity index (χ0n) is 8.83. The first-order valence-electron chi connectivity index (χ1n) is 4.70. The first-order chi connectivity index (χ1) is 8.11. The second kappa shape index (κ2) is 4.89. The van der Waals surface area contributed by atoms with Crippen LogP contribution in [0.2, 0.25) is 5.02 Å². The molecule has 1 heterocycles. The summed E-state index contributed by atoms with van der Waals surface area (Å²) in [4.78, 5) is 18.2. The standard InChI is InChI=1S/C11H8BrClN2O2/c1-17-9-4-6(13)2-3-7(9)10-14-5-8(12)11(16)15-10/h2-5H,1H3,(H,14,15,16). The van der Waals surface area contributed by atoms with E-state index in [0.717, 1.165) is 0 Å². The zero-order chi connectivity index (χ0) is 12.4. The molecule has 0 atom stereocenters. The van der Waals surface area contributed by atoms with Crippen molar-refractivity contribution in [1.29, 1.82) is 0 Å². The number of benzene rings is 1. The van der Waals surface area contributed by atoms with Gasteiger partial charge in [-0.2, -0.15) is 0 Å². The highest BCUT2D eigenvalue weighted by Crippen LogP contribution is 2.29. The highest BCUT2D eigenvalue weighted by Gasteiger charge is 2.09. The highest BCUT2D eigenvalue weighted by atomic mass is 79.9. The average Bonchev–Trinajstić information content (AvgIpc) is 2.32. The number of H-pyrrole nitrogens is 1. The number of hydrogen-bond donors (Lipinski definition) is 1. The summed E-state index contributed by atoms with van der Waals surface area (Å²) in [7, 11) is 1.53. The van der Waals surface area contributed by atoms with Gasteiger partial charge in [0, 0.05) is 11.2 Å².